The first-order valence-electron chi connectivity index (χ1n) is 5.99. The molecule has 0 aliphatic rings. The van der Waals surface area contributed by atoms with E-state index in [-0.39, 0.29) is 23.7 Å². The number of halogens is 1. The van der Waals surface area contributed by atoms with Crippen LogP contribution in [0.4, 0.5) is 0 Å². The van der Waals surface area contributed by atoms with Crippen LogP contribution in [0, 0.1) is 0 Å². The highest BCUT2D eigenvalue weighted by Gasteiger charge is 2.18. The zero-order valence-electron chi connectivity index (χ0n) is 11.6. The summed E-state index contributed by atoms with van der Waals surface area (Å²) in [6, 6.07) is 2.93. The Morgan fingerprint density at radius 3 is 2.50 bits per heavy atom. The Labute approximate surface area is 123 Å². The van der Waals surface area contributed by atoms with Gasteiger partial charge in [-0.25, -0.2) is 8.42 Å². The summed E-state index contributed by atoms with van der Waals surface area (Å²) < 4.78 is 33.8. The van der Waals surface area contributed by atoms with E-state index < -0.39 is 15.1 Å². The van der Waals surface area contributed by atoms with Crippen molar-refractivity contribution in [2.75, 3.05) is 19.5 Å². The summed E-state index contributed by atoms with van der Waals surface area (Å²) >= 11 is 5.84. The van der Waals surface area contributed by atoms with Crippen molar-refractivity contribution in [3.63, 3.8) is 0 Å². The number of carbonyl (C=O) groups excluding carboxylic acids is 1. The number of hydrogen-bond acceptors (Lipinski definition) is 5. The fraction of sp³-hybridized carbons (Fsp3) is 0.462. The number of methoxy groups -OCH3 is 1. The molecule has 0 spiro atoms. The molecule has 1 aromatic rings. The summed E-state index contributed by atoms with van der Waals surface area (Å²) in [6.45, 7) is 3.16. The quantitative estimate of drug-likeness (QED) is 0.721. The van der Waals surface area contributed by atoms with E-state index >= 15 is 0 Å². The number of benzene rings is 1. The van der Waals surface area contributed by atoms with Crippen molar-refractivity contribution in [3.05, 3.63) is 22.7 Å². The Kier molecular flexibility index (Phi) is 5.83. The molecule has 0 bridgehead atoms. The summed E-state index contributed by atoms with van der Waals surface area (Å²) in [5.41, 5.74) is 0.219. The van der Waals surface area contributed by atoms with Crippen molar-refractivity contribution >= 4 is 27.7 Å². The lowest BCUT2D eigenvalue weighted by atomic mass is 10.2. The average molecular weight is 321 g/mol. The zero-order valence-corrected chi connectivity index (χ0v) is 13.1. The van der Waals surface area contributed by atoms with E-state index in [1.165, 1.54) is 19.2 Å². The maximum absolute atomic E-state index is 11.7. The molecule has 7 heteroatoms. The molecule has 5 nitrogen and oxygen atoms in total. The first-order valence-corrected chi connectivity index (χ1v) is 8.08. The minimum Gasteiger partial charge on any atom is -0.493 e. The molecular formula is C13H17ClO5S. The molecule has 0 saturated heterocycles. The maximum Gasteiger partial charge on any atom is 0.171 e. The summed E-state index contributed by atoms with van der Waals surface area (Å²) in [5, 5.41) is -0.130. The summed E-state index contributed by atoms with van der Waals surface area (Å²) in [5.74, 6) is 0.363. The summed E-state index contributed by atoms with van der Waals surface area (Å²) in [7, 11) is -1.78. The largest absolute Gasteiger partial charge is 0.493 e. The van der Waals surface area contributed by atoms with Crippen LogP contribution in [0.3, 0.4) is 0 Å². The first-order chi connectivity index (χ1) is 9.31. The van der Waals surface area contributed by atoms with E-state index in [4.69, 9.17) is 21.1 Å². The van der Waals surface area contributed by atoms with Gasteiger partial charge in [-0.2, -0.15) is 0 Å². The molecule has 0 N–H and O–H groups in total. The van der Waals surface area contributed by atoms with E-state index in [0.717, 1.165) is 0 Å². The number of carbonyl (C=O) groups is 1. The van der Waals surface area contributed by atoms with Gasteiger partial charge >= 0.3 is 0 Å². The molecule has 20 heavy (non-hydrogen) atoms. The Morgan fingerprint density at radius 1 is 1.35 bits per heavy atom. The van der Waals surface area contributed by atoms with E-state index in [1.807, 2.05) is 0 Å². The lowest BCUT2D eigenvalue weighted by molar-refractivity contribution is 0.111. The van der Waals surface area contributed by atoms with Gasteiger partial charge in [0.2, 0.25) is 0 Å². The van der Waals surface area contributed by atoms with Crippen LogP contribution in [0.25, 0.3) is 0 Å². The Morgan fingerprint density at radius 2 is 2.00 bits per heavy atom. The number of sulfone groups is 1. The highest BCUT2D eigenvalue weighted by atomic mass is 35.5. The first kappa shape index (κ1) is 16.8. The minimum absolute atomic E-state index is 0.0562. The summed E-state index contributed by atoms with van der Waals surface area (Å²) in [6.07, 6.45) is 0.584. The van der Waals surface area contributed by atoms with Gasteiger partial charge in [0, 0.05) is 11.1 Å². The van der Waals surface area contributed by atoms with Gasteiger partial charge in [0.05, 0.1) is 23.7 Å². The van der Waals surface area contributed by atoms with Crippen LogP contribution in [0.15, 0.2) is 12.1 Å². The van der Waals surface area contributed by atoms with Gasteiger partial charge in [-0.15, -0.1) is 0 Å². The molecule has 0 unspecified atom stereocenters. The third-order valence-electron chi connectivity index (χ3n) is 2.73. The van der Waals surface area contributed by atoms with Crippen molar-refractivity contribution in [3.8, 4) is 11.5 Å². The number of aldehydes is 1. The van der Waals surface area contributed by atoms with Crippen LogP contribution >= 0.6 is 11.6 Å². The molecule has 0 amide bonds. The van der Waals surface area contributed by atoms with Crippen molar-refractivity contribution in [2.45, 2.75) is 19.1 Å². The van der Waals surface area contributed by atoms with Gasteiger partial charge in [0.15, 0.2) is 27.6 Å². The molecule has 0 fully saturated rings. The van der Waals surface area contributed by atoms with Gasteiger partial charge in [-0.3, -0.25) is 4.79 Å². The van der Waals surface area contributed by atoms with E-state index in [9.17, 15) is 13.2 Å². The zero-order chi connectivity index (χ0) is 15.3. The monoisotopic (exact) mass is 320 g/mol. The van der Waals surface area contributed by atoms with E-state index in [1.54, 1.807) is 13.8 Å². The number of rotatable bonds is 7. The lowest BCUT2D eigenvalue weighted by Crippen LogP contribution is -2.22. The molecule has 0 atom stereocenters. The van der Waals surface area contributed by atoms with Crippen LogP contribution in [0.1, 0.15) is 24.2 Å². The number of ether oxygens (including phenoxy) is 2. The van der Waals surface area contributed by atoms with Gasteiger partial charge < -0.3 is 9.47 Å². The molecule has 1 aromatic carbocycles. The smallest absolute Gasteiger partial charge is 0.171 e. The standard InChI is InChI=1S/C13H17ClO5S/c1-9(2)20(16,17)5-4-19-13-10(8-15)6-11(14)7-12(13)18-3/h6-9H,4-5H2,1-3H3. The molecule has 0 aliphatic heterocycles. The van der Waals surface area contributed by atoms with Gasteiger partial charge in [-0.05, 0) is 19.9 Å². The predicted octanol–water partition coefficient (Wildman–Crippen LogP) is 2.36. The van der Waals surface area contributed by atoms with E-state index in [2.05, 4.69) is 0 Å². The van der Waals surface area contributed by atoms with Crippen LogP contribution in [-0.4, -0.2) is 39.4 Å². The third-order valence-corrected chi connectivity index (χ3v) is 5.12. The molecule has 0 aromatic heterocycles. The minimum atomic E-state index is -3.20. The van der Waals surface area contributed by atoms with E-state index in [0.29, 0.717) is 17.1 Å². The van der Waals surface area contributed by atoms with Crippen LogP contribution < -0.4 is 9.47 Å². The second kappa shape index (κ2) is 6.95. The van der Waals surface area contributed by atoms with Crippen molar-refractivity contribution in [2.24, 2.45) is 0 Å². The topological polar surface area (TPSA) is 69.7 Å². The summed E-state index contributed by atoms with van der Waals surface area (Å²) in [4.78, 5) is 11.0. The molecule has 0 aliphatic carbocycles. The van der Waals surface area contributed by atoms with Crippen LogP contribution in [-0.2, 0) is 9.84 Å². The normalized spacial score (nSPS) is 11.4. The van der Waals surface area contributed by atoms with Crippen molar-refractivity contribution in [1.82, 2.24) is 0 Å². The lowest BCUT2D eigenvalue weighted by Gasteiger charge is -2.14. The Balaban J connectivity index is 2.90. The number of hydrogen-bond donors (Lipinski definition) is 0. The molecule has 0 heterocycles. The Hall–Kier alpha value is -1.27. The fourth-order valence-corrected chi connectivity index (χ4v) is 2.48. The van der Waals surface area contributed by atoms with Crippen LogP contribution in [0.5, 0.6) is 11.5 Å². The second-order valence-electron chi connectivity index (χ2n) is 4.41. The van der Waals surface area contributed by atoms with Crippen molar-refractivity contribution in [1.29, 1.82) is 0 Å². The van der Waals surface area contributed by atoms with Crippen LogP contribution in [0.2, 0.25) is 5.02 Å². The van der Waals surface area contributed by atoms with Crippen molar-refractivity contribution < 1.29 is 22.7 Å². The third kappa shape index (κ3) is 4.11. The Bertz CT molecular complexity index is 581. The molecule has 0 saturated carbocycles. The van der Waals surface area contributed by atoms with Gasteiger partial charge in [0.1, 0.15) is 6.61 Å². The molecule has 112 valence electrons. The molecule has 0 radical (unpaired) electrons. The van der Waals surface area contributed by atoms with Gasteiger partial charge in [-0.1, -0.05) is 11.6 Å². The fourth-order valence-electron chi connectivity index (χ4n) is 1.48. The van der Waals surface area contributed by atoms with Gasteiger partial charge in [0.25, 0.3) is 0 Å². The molecule has 1 rings (SSSR count). The second-order valence-corrected chi connectivity index (χ2v) is 7.52. The predicted molar refractivity (Wildman–Crippen MR) is 77.8 cm³/mol. The molecular weight excluding hydrogens is 304 g/mol. The highest BCUT2D eigenvalue weighted by Crippen LogP contribution is 2.33. The maximum atomic E-state index is 11.7. The highest BCUT2D eigenvalue weighted by molar-refractivity contribution is 7.91. The average Bonchev–Trinajstić information content (AvgIpc) is 2.39. The SMILES string of the molecule is COc1cc(Cl)cc(C=O)c1OCCS(=O)(=O)C(C)C.